The molecule has 7 atom stereocenters. The fraction of sp³-hybridized carbons (Fsp3) is 0.640. The van der Waals surface area contributed by atoms with Crippen LogP contribution in [0.3, 0.4) is 0 Å². The Balaban J connectivity index is 1.41. The molecule has 2 heterocycles. The summed E-state index contributed by atoms with van der Waals surface area (Å²) < 4.78 is 29.1. The van der Waals surface area contributed by atoms with Gasteiger partial charge in [-0.15, -0.1) is 0 Å². The molecule has 1 unspecified atom stereocenters. The average Bonchev–Trinajstić information content (AvgIpc) is 3.15. The number of hydrogen-bond acceptors (Lipinski definition) is 6. The van der Waals surface area contributed by atoms with E-state index in [1.165, 1.54) is 16.3 Å². The molecule has 1 aromatic carbocycles. The second-order valence-corrected chi connectivity index (χ2v) is 12.4. The molecule has 10 nitrogen and oxygen atoms in total. The summed E-state index contributed by atoms with van der Waals surface area (Å²) in [5.74, 6) is -1.45. The van der Waals surface area contributed by atoms with Crippen LogP contribution in [0.25, 0.3) is 0 Å². The molecule has 2 aliphatic heterocycles. The number of imide groups is 1. The van der Waals surface area contributed by atoms with Gasteiger partial charge in [-0.1, -0.05) is 51.1 Å². The Bertz CT molecular complexity index is 1100. The third kappa shape index (κ3) is 4.81. The minimum atomic E-state index is -4.07. The molecule has 2 saturated heterocycles. The van der Waals surface area contributed by atoms with Crippen molar-refractivity contribution in [3.63, 3.8) is 0 Å². The molecule has 1 aromatic rings. The Hall–Kier alpha value is -2.34. The van der Waals surface area contributed by atoms with Crippen molar-refractivity contribution in [2.75, 3.05) is 26.7 Å². The zero-order chi connectivity index (χ0) is 26.4. The van der Waals surface area contributed by atoms with E-state index in [-0.39, 0.29) is 42.7 Å². The van der Waals surface area contributed by atoms with Gasteiger partial charge < -0.3 is 10.4 Å². The first-order valence-corrected chi connectivity index (χ1v) is 13.9. The summed E-state index contributed by atoms with van der Waals surface area (Å²) in [6, 6.07) is 7.70. The first-order chi connectivity index (χ1) is 17.0. The highest BCUT2D eigenvalue weighted by Crippen LogP contribution is 2.49. The van der Waals surface area contributed by atoms with Gasteiger partial charge in [0, 0.05) is 19.5 Å². The van der Waals surface area contributed by atoms with E-state index in [0.29, 0.717) is 12.8 Å². The molecule has 0 bridgehead atoms. The number of amides is 3. The minimum absolute atomic E-state index is 0.175. The van der Waals surface area contributed by atoms with Gasteiger partial charge in [0.2, 0.25) is 17.7 Å². The standard InChI is InChI=1S/C25H36N4O6S/c1-15-16(2)22(15)25(33)29-20-10-11-28(23(20)17(3)24(29)32)36(34,35)27(4)13-21(31)26-19(14-30)12-18-8-6-5-7-9-18/h5-9,15-17,19-20,22-23,30H,10-14H2,1-4H3,(H,26,31)/t15-,16+,17-,19+,20-,22?,23+/m0/s1. The zero-order valence-electron chi connectivity index (χ0n) is 21.2. The molecule has 1 saturated carbocycles. The predicted octanol–water partition coefficient (Wildman–Crippen LogP) is 0.233. The number of fused-ring (bicyclic) bond motifs is 1. The Morgan fingerprint density at radius 3 is 2.39 bits per heavy atom. The molecule has 4 rings (SSSR count). The maximum absolute atomic E-state index is 13.4. The Kier molecular flexibility index (Phi) is 7.57. The Morgan fingerprint density at radius 2 is 1.81 bits per heavy atom. The van der Waals surface area contributed by atoms with E-state index < -0.39 is 46.7 Å². The highest BCUT2D eigenvalue weighted by atomic mass is 32.2. The van der Waals surface area contributed by atoms with Crippen LogP contribution in [0.1, 0.15) is 32.8 Å². The number of carbonyl (C=O) groups excluding carboxylic acids is 3. The van der Waals surface area contributed by atoms with Crippen LogP contribution < -0.4 is 5.32 Å². The van der Waals surface area contributed by atoms with Crippen molar-refractivity contribution < 1.29 is 27.9 Å². The largest absolute Gasteiger partial charge is 0.394 e. The topological polar surface area (TPSA) is 127 Å². The summed E-state index contributed by atoms with van der Waals surface area (Å²) in [5.41, 5.74) is 0.940. The normalized spacial score (nSPS) is 30.9. The lowest BCUT2D eigenvalue weighted by molar-refractivity contribution is -0.146. The van der Waals surface area contributed by atoms with E-state index in [1.54, 1.807) is 6.92 Å². The molecule has 0 radical (unpaired) electrons. The van der Waals surface area contributed by atoms with Crippen molar-refractivity contribution in [3.8, 4) is 0 Å². The fourth-order valence-corrected chi connectivity index (χ4v) is 7.38. The molecular formula is C25H36N4O6S. The highest BCUT2D eigenvalue weighted by Gasteiger charge is 2.60. The van der Waals surface area contributed by atoms with Gasteiger partial charge in [0.1, 0.15) is 0 Å². The number of likely N-dealkylation sites (N-methyl/N-ethyl adjacent to an activating group) is 1. The fourth-order valence-electron chi connectivity index (χ4n) is 5.77. The molecule has 3 fully saturated rings. The summed E-state index contributed by atoms with van der Waals surface area (Å²) in [4.78, 5) is 40.1. The van der Waals surface area contributed by atoms with Crippen LogP contribution in [0.2, 0.25) is 0 Å². The summed E-state index contributed by atoms with van der Waals surface area (Å²) in [6.45, 7) is 5.11. The summed E-state index contributed by atoms with van der Waals surface area (Å²) in [6.07, 6.45) is 0.794. The van der Waals surface area contributed by atoms with Crippen molar-refractivity contribution in [2.45, 2.75) is 51.7 Å². The molecule has 0 aromatic heterocycles. The van der Waals surface area contributed by atoms with Crippen molar-refractivity contribution in [2.24, 2.45) is 23.7 Å². The van der Waals surface area contributed by atoms with E-state index >= 15 is 0 Å². The number of carbonyl (C=O) groups is 3. The van der Waals surface area contributed by atoms with Gasteiger partial charge in [-0.2, -0.15) is 17.0 Å². The average molecular weight is 521 g/mol. The lowest BCUT2D eigenvalue weighted by Crippen LogP contribution is -2.51. The smallest absolute Gasteiger partial charge is 0.282 e. The van der Waals surface area contributed by atoms with Gasteiger partial charge in [-0.3, -0.25) is 19.3 Å². The van der Waals surface area contributed by atoms with Crippen LogP contribution in [0.4, 0.5) is 0 Å². The molecule has 3 amide bonds. The SMILES string of the molecule is C[C@@H]1C(=O)N(C(=O)C2[C@@H](C)[C@H]2C)[C@H]2CCN(S(=O)(=O)N(C)CC(=O)N[C@@H](CO)Cc3ccccc3)[C@H]12. The van der Waals surface area contributed by atoms with Gasteiger partial charge in [-0.25, -0.2) is 0 Å². The van der Waals surface area contributed by atoms with Crippen LogP contribution in [-0.4, -0.2) is 89.6 Å². The number of rotatable bonds is 9. The second kappa shape index (κ2) is 10.2. The zero-order valence-corrected chi connectivity index (χ0v) is 22.0. The van der Waals surface area contributed by atoms with Crippen LogP contribution in [0.15, 0.2) is 30.3 Å². The van der Waals surface area contributed by atoms with E-state index in [1.807, 2.05) is 44.2 Å². The highest BCUT2D eigenvalue weighted by molar-refractivity contribution is 7.86. The lowest BCUT2D eigenvalue weighted by Gasteiger charge is -2.29. The van der Waals surface area contributed by atoms with Crippen LogP contribution in [0, 0.1) is 23.7 Å². The van der Waals surface area contributed by atoms with Crippen molar-refractivity contribution in [3.05, 3.63) is 35.9 Å². The number of nitrogens with one attached hydrogen (secondary N) is 1. The maximum atomic E-state index is 13.4. The van der Waals surface area contributed by atoms with Gasteiger partial charge in [0.15, 0.2) is 0 Å². The molecular weight excluding hydrogens is 484 g/mol. The van der Waals surface area contributed by atoms with Gasteiger partial charge >= 0.3 is 0 Å². The monoisotopic (exact) mass is 520 g/mol. The number of hydrogen-bond donors (Lipinski definition) is 2. The maximum Gasteiger partial charge on any atom is 0.282 e. The van der Waals surface area contributed by atoms with Gasteiger partial charge in [0.25, 0.3) is 10.2 Å². The van der Waals surface area contributed by atoms with E-state index in [9.17, 15) is 27.9 Å². The molecule has 198 valence electrons. The summed E-state index contributed by atoms with van der Waals surface area (Å²) >= 11 is 0. The van der Waals surface area contributed by atoms with Crippen LogP contribution >= 0.6 is 0 Å². The number of nitrogens with zero attached hydrogens (tertiary/aromatic N) is 3. The summed E-state index contributed by atoms with van der Waals surface area (Å²) in [5, 5.41) is 12.4. The number of likely N-dealkylation sites (tertiary alicyclic amines) is 1. The third-order valence-electron chi connectivity index (χ3n) is 8.15. The lowest BCUT2D eigenvalue weighted by atomic mass is 10.0. The molecule has 0 spiro atoms. The Labute approximate surface area is 212 Å². The first kappa shape index (κ1) is 26.7. The number of aliphatic hydroxyl groups excluding tert-OH is 1. The first-order valence-electron chi connectivity index (χ1n) is 12.5. The molecule has 1 aliphatic carbocycles. The van der Waals surface area contributed by atoms with Crippen LogP contribution in [0.5, 0.6) is 0 Å². The van der Waals surface area contributed by atoms with Crippen molar-refractivity contribution >= 4 is 27.9 Å². The second-order valence-electron chi connectivity index (χ2n) is 10.4. The van der Waals surface area contributed by atoms with E-state index in [0.717, 1.165) is 9.87 Å². The van der Waals surface area contributed by atoms with Crippen LogP contribution in [-0.2, 0) is 31.0 Å². The number of benzene rings is 1. The van der Waals surface area contributed by atoms with Gasteiger partial charge in [0.05, 0.1) is 37.2 Å². The quantitative estimate of drug-likeness (QED) is 0.449. The predicted molar refractivity (Wildman–Crippen MR) is 132 cm³/mol. The summed E-state index contributed by atoms with van der Waals surface area (Å²) in [7, 11) is -2.74. The molecule has 36 heavy (non-hydrogen) atoms. The third-order valence-corrected chi connectivity index (χ3v) is 10.1. The van der Waals surface area contributed by atoms with E-state index in [2.05, 4.69) is 5.32 Å². The van der Waals surface area contributed by atoms with E-state index in [4.69, 9.17) is 0 Å². The van der Waals surface area contributed by atoms with Crippen molar-refractivity contribution in [1.29, 1.82) is 0 Å². The Morgan fingerprint density at radius 1 is 1.17 bits per heavy atom. The molecule has 2 N–H and O–H groups in total. The minimum Gasteiger partial charge on any atom is -0.394 e. The van der Waals surface area contributed by atoms with Gasteiger partial charge in [-0.05, 0) is 30.2 Å². The molecule has 3 aliphatic rings. The number of aliphatic hydroxyl groups is 1. The van der Waals surface area contributed by atoms with Crippen molar-refractivity contribution in [1.82, 2.24) is 18.8 Å². The molecule has 11 heteroatoms.